The van der Waals surface area contributed by atoms with Crippen molar-refractivity contribution in [2.75, 3.05) is 38.6 Å². The van der Waals surface area contributed by atoms with Gasteiger partial charge in [0, 0.05) is 73.1 Å². The smallest absolute Gasteiger partial charge is 0.255 e. The van der Waals surface area contributed by atoms with Crippen LogP contribution in [0.1, 0.15) is 44.2 Å². The van der Waals surface area contributed by atoms with Crippen LogP contribution in [0.2, 0.25) is 0 Å². The van der Waals surface area contributed by atoms with Gasteiger partial charge in [-0.25, -0.2) is 9.37 Å². The van der Waals surface area contributed by atoms with Crippen molar-refractivity contribution in [1.29, 1.82) is 0 Å². The molecule has 0 aliphatic carbocycles. The van der Waals surface area contributed by atoms with E-state index >= 15 is 0 Å². The van der Waals surface area contributed by atoms with E-state index in [1.807, 2.05) is 24.3 Å². The van der Waals surface area contributed by atoms with Gasteiger partial charge in [-0.1, -0.05) is 30.0 Å². The lowest BCUT2D eigenvalue weighted by molar-refractivity contribution is -0.120. The van der Waals surface area contributed by atoms with Gasteiger partial charge in [0.2, 0.25) is 0 Å². The summed E-state index contributed by atoms with van der Waals surface area (Å²) in [6.07, 6.45) is 1.57. The lowest BCUT2D eigenvalue weighted by Gasteiger charge is -2.28. The summed E-state index contributed by atoms with van der Waals surface area (Å²) in [7, 11) is 1.44. The molecule has 1 aromatic heterocycles. The molecule has 43 heavy (non-hydrogen) atoms. The summed E-state index contributed by atoms with van der Waals surface area (Å²) in [5, 5.41) is 8.24. The van der Waals surface area contributed by atoms with Gasteiger partial charge in [-0.05, 0) is 53.6 Å². The van der Waals surface area contributed by atoms with Crippen molar-refractivity contribution in [3.63, 3.8) is 0 Å². The van der Waals surface area contributed by atoms with E-state index in [-0.39, 0.29) is 18.0 Å². The van der Waals surface area contributed by atoms with Gasteiger partial charge in [-0.15, -0.1) is 11.3 Å². The number of nitrogens with one attached hydrogen (secondary N) is 2. The van der Waals surface area contributed by atoms with Crippen LogP contribution in [0, 0.1) is 17.7 Å². The minimum absolute atomic E-state index is 0.173. The zero-order valence-electron chi connectivity index (χ0n) is 23.6. The number of thiazole rings is 1. The zero-order chi connectivity index (χ0) is 29.8. The standard InChI is InChI=1S/C33H30FN5O3S/c1-42-29-11-10-26(34)19-28(29)30(31(40)37-33-36-14-17-43-33)39-21-25-9-8-23(18-27(25)32(39)41)5-2-22-3-6-24(7-4-22)20-38-15-12-35-13-16-38/h3-4,6-11,14,17-19,30,35H,12-13,15-16,20-21H2,1H3,(H,36,37,40)/t30-/m1/s1. The molecule has 2 aliphatic heterocycles. The Balaban J connectivity index is 1.23. The van der Waals surface area contributed by atoms with Crippen LogP contribution >= 0.6 is 11.3 Å². The average molecular weight is 596 g/mol. The molecule has 0 saturated carbocycles. The molecule has 1 fully saturated rings. The number of rotatable bonds is 7. The lowest BCUT2D eigenvalue weighted by atomic mass is 10.0. The summed E-state index contributed by atoms with van der Waals surface area (Å²) in [4.78, 5) is 35.3. The quantitative estimate of drug-likeness (QED) is 0.308. The fourth-order valence-corrected chi connectivity index (χ4v) is 5.94. The van der Waals surface area contributed by atoms with Gasteiger partial charge < -0.3 is 15.0 Å². The zero-order valence-corrected chi connectivity index (χ0v) is 24.4. The number of piperazine rings is 1. The number of anilines is 1. The lowest BCUT2D eigenvalue weighted by Crippen LogP contribution is -2.42. The highest BCUT2D eigenvalue weighted by Gasteiger charge is 2.39. The fourth-order valence-electron chi connectivity index (χ4n) is 5.40. The van der Waals surface area contributed by atoms with Gasteiger partial charge in [-0.3, -0.25) is 19.8 Å². The number of ether oxygens (including phenoxy) is 1. The van der Waals surface area contributed by atoms with E-state index in [2.05, 4.69) is 44.5 Å². The van der Waals surface area contributed by atoms with Crippen LogP contribution in [-0.4, -0.2) is 59.9 Å². The van der Waals surface area contributed by atoms with E-state index in [1.54, 1.807) is 17.6 Å². The summed E-state index contributed by atoms with van der Waals surface area (Å²) in [5.41, 5.74) is 4.29. The third kappa shape index (κ3) is 6.44. The minimum Gasteiger partial charge on any atom is -0.496 e. The number of carbonyl (C=O) groups excluding carboxylic acids is 2. The Labute approximate surface area is 253 Å². The first-order chi connectivity index (χ1) is 21.0. The molecular weight excluding hydrogens is 565 g/mol. The van der Waals surface area contributed by atoms with Crippen LogP contribution in [0.15, 0.2) is 72.2 Å². The first-order valence-corrected chi connectivity index (χ1v) is 14.9. The number of halogens is 1. The number of fused-ring (bicyclic) bond motifs is 1. The maximum atomic E-state index is 14.4. The number of carbonyl (C=O) groups is 2. The molecule has 1 saturated heterocycles. The second-order valence-corrected chi connectivity index (χ2v) is 11.3. The van der Waals surface area contributed by atoms with E-state index < -0.39 is 17.8 Å². The molecule has 10 heteroatoms. The highest BCUT2D eigenvalue weighted by molar-refractivity contribution is 7.13. The third-order valence-electron chi connectivity index (χ3n) is 7.57. The van der Waals surface area contributed by atoms with Crippen LogP contribution in [0.3, 0.4) is 0 Å². The first kappa shape index (κ1) is 28.6. The molecule has 2 amide bonds. The van der Waals surface area contributed by atoms with E-state index in [4.69, 9.17) is 4.74 Å². The fraction of sp³-hybridized carbons (Fsp3) is 0.242. The maximum Gasteiger partial charge on any atom is 0.255 e. The molecule has 2 aliphatic rings. The maximum absolute atomic E-state index is 14.4. The minimum atomic E-state index is -1.15. The molecule has 3 heterocycles. The van der Waals surface area contributed by atoms with Gasteiger partial charge in [-0.2, -0.15) is 0 Å². The number of methoxy groups -OCH3 is 1. The van der Waals surface area contributed by atoms with Crippen LogP contribution in [0.5, 0.6) is 5.75 Å². The molecular formula is C33H30FN5O3S. The van der Waals surface area contributed by atoms with Gasteiger partial charge in [0.05, 0.1) is 7.11 Å². The van der Waals surface area contributed by atoms with Gasteiger partial charge in [0.15, 0.2) is 5.13 Å². The monoisotopic (exact) mass is 595 g/mol. The Morgan fingerprint density at radius 1 is 1.09 bits per heavy atom. The Hall–Kier alpha value is -4.56. The van der Waals surface area contributed by atoms with Crippen molar-refractivity contribution in [1.82, 2.24) is 20.1 Å². The summed E-state index contributed by atoms with van der Waals surface area (Å²) in [6, 6.07) is 16.5. The average Bonchev–Trinajstić information content (AvgIpc) is 3.65. The van der Waals surface area contributed by atoms with E-state index in [9.17, 15) is 14.0 Å². The van der Waals surface area contributed by atoms with E-state index in [1.165, 1.54) is 47.1 Å². The van der Waals surface area contributed by atoms with Crippen LogP contribution in [0.4, 0.5) is 9.52 Å². The second kappa shape index (κ2) is 12.8. The molecule has 2 N–H and O–H groups in total. The second-order valence-electron chi connectivity index (χ2n) is 10.4. The number of nitrogens with zero attached hydrogens (tertiary/aromatic N) is 3. The molecule has 0 unspecified atom stereocenters. The van der Waals surface area contributed by atoms with Crippen LogP contribution < -0.4 is 15.4 Å². The molecule has 1 atom stereocenters. The van der Waals surface area contributed by atoms with Crippen LogP contribution in [-0.2, 0) is 17.9 Å². The molecule has 0 bridgehead atoms. The normalized spacial score (nSPS) is 15.4. The highest BCUT2D eigenvalue weighted by Crippen LogP contribution is 2.37. The number of amides is 2. The summed E-state index contributed by atoms with van der Waals surface area (Å²) in [5.74, 6) is 5.27. The van der Waals surface area contributed by atoms with Crippen molar-refractivity contribution in [3.05, 3.63) is 111 Å². The Morgan fingerprint density at radius 3 is 2.60 bits per heavy atom. The molecule has 0 spiro atoms. The summed E-state index contributed by atoms with van der Waals surface area (Å²) in [6.45, 7) is 5.22. The topological polar surface area (TPSA) is 86.8 Å². The number of benzene rings is 3. The molecule has 8 nitrogen and oxygen atoms in total. The highest BCUT2D eigenvalue weighted by atomic mass is 32.1. The SMILES string of the molecule is COc1ccc(F)cc1[C@H](C(=O)Nc1nccs1)N1Cc2ccc(C#Cc3ccc(CN4CCNCC4)cc3)cc2C1=O. The van der Waals surface area contributed by atoms with Crippen molar-refractivity contribution in [2.24, 2.45) is 0 Å². The Kier molecular flexibility index (Phi) is 8.47. The molecule has 0 radical (unpaired) electrons. The van der Waals surface area contributed by atoms with Crippen molar-refractivity contribution >= 4 is 28.3 Å². The van der Waals surface area contributed by atoms with E-state index in [0.29, 0.717) is 22.0 Å². The predicted octanol–water partition coefficient (Wildman–Crippen LogP) is 4.43. The Bertz CT molecular complexity index is 1690. The number of hydrogen-bond acceptors (Lipinski definition) is 7. The summed E-state index contributed by atoms with van der Waals surface area (Å²) < 4.78 is 19.9. The number of hydrogen-bond donors (Lipinski definition) is 2. The van der Waals surface area contributed by atoms with E-state index in [0.717, 1.165) is 43.9 Å². The van der Waals surface area contributed by atoms with Gasteiger partial charge in [0.1, 0.15) is 17.6 Å². The van der Waals surface area contributed by atoms with Gasteiger partial charge in [0.25, 0.3) is 11.8 Å². The molecule has 4 aromatic rings. The van der Waals surface area contributed by atoms with Crippen molar-refractivity contribution in [3.8, 4) is 17.6 Å². The largest absolute Gasteiger partial charge is 0.496 e. The van der Waals surface area contributed by atoms with Gasteiger partial charge >= 0.3 is 0 Å². The Morgan fingerprint density at radius 2 is 1.86 bits per heavy atom. The molecule has 218 valence electrons. The van der Waals surface area contributed by atoms with Crippen LogP contribution in [0.25, 0.3) is 0 Å². The van der Waals surface area contributed by atoms with Crippen molar-refractivity contribution < 1.29 is 18.7 Å². The first-order valence-electron chi connectivity index (χ1n) is 14.0. The third-order valence-corrected chi connectivity index (χ3v) is 8.26. The predicted molar refractivity (Wildman–Crippen MR) is 163 cm³/mol. The molecule has 6 rings (SSSR count). The molecule has 3 aromatic carbocycles. The number of aromatic nitrogens is 1. The summed E-state index contributed by atoms with van der Waals surface area (Å²) >= 11 is 1.25. The van der Waals surface area contributed by atoms with Crippen molar-refractivity contribution in [2.45, 2.75) is 19.1 Å².